The Kier molecular flexibility index (Phi) is 5.03. The van der Waals surface area contributed by atoms with E-state index >= 15 is 0 Å². The van der Waals surface area contributed by atoms with Gasteiger partial charge in [-0.1, -0.05) is 0 Å². The second-order valence-electron chi connectivity index (χ2n) is 2.38. The van der Waals surface area contributed by atoms with Crippen molar-refractivity contribution in [3.05, 3.63) is 29.6 Å². The third-order valence-electron chi connectivity index (χ3n) is 1.47. The first-order valence-corrected chi connectivity index (χ1v) is 3.62. The summed E-state index contributed by atoms with van der Waals surface area (Å²) in [5.74, 6) is -0.957. The highest BCUT2D eigenvalue weighted by Crippen LogP contribution is 1.99. The number of carbonyl (C=O) groups is 1. The second-order valence-corrected chi connectivity index (χ2v) is 2.38. The van der Waals surface area contributed by atoms with Gasteiger partial charge in [0, 0.05) is 18.3 Å². The summed E-state index contributed by atoms with van der Waals surface area (Å²) in [6, 6.07) is 3.20. The maximum absolute atomic E-state index is 10.4. The Balaban J connectivity index is 0.00000144. The van der Waals surface area contributed by atoms with E-state index in [0.29, 0.717) is 13.0 Å². The van der Waals surface area contributed by atoms with Gasteiger partial charge in [0.2, 0.25) is 0 Å². The Morgan fingerprint density at radius 3 is 2.62 bits per heavy atom. The molecule has 3 N–H and O–H groups in total. The summed E-state index contributed by atoms with van der Waals surface area (Å²) in [6.07, 6.45) is 2.02. The highest BCUT2D eigenvalue weighted by Gasteiger charge is 2.01. The fraction of sp³-hybridized carbons (Fsp3) is 0.250. The van der Waals surface area contributed by atoms with Crippen LogP contribution in [-0.2, 0) is 6.42 Å². The lowest BCUT2D eigenvalue weighted by Crippen LogP contribution is -2.05. The minimum atomic E-state index is -0.957. The first-order chi connectivity index (χ1) is 5.74. The molecule has 0 aromatic carbocycles. The molecule has 0 saturated heterocycles. The van der Waals surface area contributed by atoms with E-state index in [9.17, 15) is 4.79 Å². The number of hydrogen-bond donors (Lipinski definition) is 2. The van der Waals surface area contributed by atoms with Crippen LogP contribution in [0.1, 0.15) is 16.1 Å². The zero-order valence-electron chi connectivity index (χ0n) is 6.93. The van der Waals surface area contributed by atoms with Crippen LogP contribution in [0.2, 0.25) is 0 Å². The van der Waals surface area contributed by atoms with E-state index in [2.05, 4.69) is 4.98 Å². The molecule has 0 spiro atoms. The highest BCUT2D eigenvalue weighted by atomic mass is 35.5. The molecule has 0 saturated carbocycles. The Bertz CT molecular complexity index is 274. The van der Waals surface area contributed by atoms with E-state index in [1.807, 2.05) is 0 Å². The van der Waals surface area contributed by atoms with Gasteiger partial charge in [0.05, 0.1) is 5.56 Å². The molecule has 0 atom stereocenters. The summed E-state index contributed by atoms with van der Waals surface area (Å²) < 4.78 is 0. The summed E-state index contributed by atoms with van der Waals surface area (Å²) in [6.45, 7) is 0.527. The van der Waals surface area contributed by atoms with Crippen molar-refractivity contribution in [2.45, 2.75) is 6.42 Å². The first kappa shape index (κ1) is 11.9. The highest BCUT2D eigenvalue weighted by molar-refractivity contribution is 5.87. The van der Waals surface area contributed by atoms with Crippen molar-refractivity contribution >= 4 is 18.4 Å². The van der Waals surface area contributed by atoms with Gasteiger partial charge in [-0.3, -0.25) is 4.98 Å². The molecule has 0 aliphatic rings. The van der Waals surface area contributed by atoms with Crippen molar-refractivity contribution in [3.8, 4) is 0 Å². The van der Waals surface area contributed by atoms with Gasteiger partial charge in [-0.25, -0.2) is 4.79 Å². The van der Waals surface area contributed by atoms with Crippen molar-refractivity contribution in [2.24, 2.45) is 5.73 Å². The summed E-state index contributed by atoms with van der Waals surface area (Å²) in [5, 5.41) is 8.54. The molecule has 0 radical (unpaired) electrons. The third kappa shape index (κ3) is 3.40. The van der Waals surface area contributed by atoms with Crippen LogP contribution < -0.4 is 5.73 Å². The van der Waals surface area contributed by atoms with E-state index < -0.39 is 5.97 Å². The summed E-state index contributed by atoms with van der Waals surface area (Å²) >= 11 is 0. The lowest BCUT2D eigenvalue weighted by Gasteiger charge is -1.97. The molecule has 1 rings (SSSR count). The Hall–Kier alpha value is -1.13. The average molecular weight is 203 g/mol. The molecule has 0 aliphatic heterocycles. The van der Waals surface area contributed by atoms with E-state index in [1.54, 1.807) is 6.07 Å². The normalized spacial score (nSPS) is 9.00. The summed E-state index contributed by atoms with van der Waals surface area (Å²) in [7, 11) is 0. The van der Waals surface area contributed by atoms with Crippen molar-refractivity contribution in [2.75, 3.05) is 6.54 Å². The minimum Gasteiger partial charge on any atom is -0.478 e. The SMILES string of the molecule is Cl.NCCc1ccc(C(=O)O)cn1. The van der Waals surface area contributed by atoms with E-state index in [-0.39, 0.29) is 18.0 Å². The maximum atomic E-state index is 10.4. The molecule has 1 aromatic rings. The first-order valence-electron chi connectivity index (χ1n) is 3.62. The van der Waals surface area contributed by atoms with Crippen molar-refractivity contribution in [3.63, 3.8) is 0 Å². The minimum absolute atomic E-state index is 0. The van der Waals surface area contributed by atoms with Crippen LogP contribution in [0.4, 0.5) is 0 Å². The summed E-state index contributed by atoms with van der Waals surface area (Å²) in [4.78, 5) is 14.3. The molecular weight excluding hydrogens is 192 g/mol. The molecule has 0 bridgehead atoms. The zero-order chi connectivity index (χ0) is 8.97. The maximum Gasteiger partial charge on any atom is 0.337 e. The number of halogens is 1. The Labute approximate surface area is 82.2 Å². The second kappa shape index (κ2) is 5.50. The van der Waals surface area contributed by atoms with E-state index in [1.165, 1.54) is 12.3 Å². The number of carboxylic acids is 1. The van der Waals surface area contributed by atoms with Crippen LogP contribution in [0.15, 0.2) is 18.3 Å². The fourth-order valence-corrected chi connectivity index (χ4v) is 0.847. The van der Waals surface area contributed by atoms with Gasteiger partial charge < -0.3 is 10.8 Å². The van der Waals surface area contributed by atoms with Crippen LogP contribution >= 0.6 is 12.4 Å². The molecule has 72 valence electrons. The van der Waals surface area contributed by atoms with Gasteiger partial charge in [-0.15, -0.1) is 12.4 Å². The van der Waals surface area contributed by atoms with Gasteiger partial charge in [0.1, 0.15) is 0 Å². The molecule has 0 fully saturated rings. The summed E-state index contributed by atoms with van der Waals surface area (Å²) in [5.41, 5.74) is 6.33. The lowest BCUT2D eigenvalue weighted by molar-refractivity contribution is 0.0696. The van der Waals surface area contributed by atoms with Crippen LogP contribution in [-0.4, -0.2) is 22.6 Å². The average Bonchev–Trinajstić information content (AvgIpc) is 2.06. The predicted molar refractivity (Wildman–Crippen MR) is 51.2 cm³/mol. The molecule has 0 aliphatic carbocycles. The van der Waals surface area contributed by atoms with Gasteiger partial charge in [-0.2, -0.15) is 0 Å². The number of rotatable bonds is 3. The van der Waals surface area contributed by atoms with Crippen LogP contribution in [0, 0.1) is 0 Å². The van der Waals surface area contributed by atoms with Crippen LogP contribution in [0.5, 0.6) is 0 Å². The monoisotopic (exact) mass is 202 g/mol. The number of aromatic carboxylic acids is 1. The molecule has 5 heteroatoms. The molecular formula is C8H11ClN2O2. The molecule has 4 nitrogen and oxygen atoms in total. The van der Waals surface area contributed by atoms with E-state index in [4.69, 9.17) is 10.8 Å². The van der Waals surface area contributed by atoms with Crippen LogP contribution in [0.3, 0.4) is 0 Å². The number of hydrogen-bond acceptors (Lipinski definition) is 3. The number of aromatic nitrogens is 1. The van der Waals surface area contributed by atoms with Crippen molar-refractivity contribution < 1.29 is 9.90 Å². The van der Waals surface area contributed by atoms with Crippen molar-refractivity contribution in [1.29, 1.82) is 0 Å². The molecule has 1 aromatic heterocycles. The predicted octanol–water partition coefficient (Wildman–Crippen LogP) is 0.703. The van der Waals surface area contributed by atoms with Crippen LogP contribution in [0.25, 0.3) is 0 Å². The van der Waals surface area contributed by atoms with Crippen molar-refractivity contribution in [1.82, 2.24) is 4.98 Å². The Morgan fingerprint density at radius 1 is 1.54 bits per heavy atom. The third-order valence-corrected chi connectivity index (χ3v) is 1.47. The number of carboxylic acid groups (broad SMARTS) is 1. The zero-order valence-corrected chi connectivity index (χ0v) is 7.75. The molecule has 0 amide bonds. The smallest absolute Gasteiger partial charge is 0.337 e. The number of nitrogens with zero attached hydrogens (tertiary/aromatic N) is 1. The van der Waals surface area contributed by atoms with Gasteiger partial charge in [0.15, 0.2) is 0 Å². The Morgan fingerprint density at radius 2 is 2.23 bits per heavy atom. The van der Waals surface area contributed by atoms with E-state index in [0.717, 1.165) is 5.69 Å². The number of pyridine rings is 1. The quantitative estimate of drug-likeness (QED) is 0.757. The molecule has 1 heterocycles. The van der Waals surface area contributed by atoms with Gasteiger partial charge >= 0.3 is 5.97 Å². The van der Waals surface area contributed by atoms with Gasteiger partial charge in [-0.05, 0) is 18.7 Å². The van der Waals surface area contributed by atoms with Gasteiger partial charge in [0.25, 0.3) is 0 Å². The lowest BCUT2D eigenvalue weighted by atomic mass is 10.2. The molecule has 13 heavy (non-hydrogen) atoms. The number of nitrogens with two attached hydrogens (primary N) is 1. The standard InChI is InChI=1S/C8H10N2O2.ClH/c9-4-3-7-2-1-6(5-10-7)8(11)12;/h1-2,5H,3-4,9H2,(H,11,12);1H. The molecule has 0 unspecified atom stereocenters. The fourth-order valence-electron chi connectivity index (χ4n) is 0.847. The largest absolute Gasteiger partial charge is 0.478 e. The topological polar surface area (TPSA) is 76.2 Å².